The lowest BCUT2D eigenvalue weighted by Gasteiger charge is -2.29. The Labute approximate surface area is 193 Å². The molecule has 1 saturated heterocycles. The minimum absolute atomic E-state index is 0.0704. The number of aromatic nitrogens is 3. The molecule has 0 radical (unpaired) electrons. The Kier molecular flexibility index (Phi) is 5.61. The number of fused-ring (bicyclic) bond motifs is 2. The lowest BCUT2D eigenvalue weighted by Crippen LogP contribution is -2.45. The van der Waals surface area contributed by atoms with E-state index in [0.29, 0.717) is 59.0 Å². The number of thiophene rings is 1. The largest absolute Gasteiger partial charge is 0.396 e. The van der Waals surface area contributed by atoms with E-state index in [2.05, 4.69) is 20.3 Å². The van der Waals surface area contributed by atoms with Gasteiger partial charge in [0.05, 0.1) is 11.4 Å². The van der Waals surface area contributed by atoms with E-state index in [1.54, 1.807) is 17.2 Å². The Morgan fingerprint density at radius 1 is 1.30 bits per heavy atom. The first-order valence-electron chi connectivity index (χ1n) is 10.9. The minimum Gasteiger partial charge on any atom is -0.396 e. The number of pyridine rings is 1. The zero-order valence-electron chi connectivity index (χ0n) is 18.1. The van der Waals surface area contributed by atoms with E-state index < -0.39 is 18.5 Å². The fourth-order valence-electron chi connectivity index (χ4n) is 4.70. The predicted octanol–water partition coefficient (Wildman–Crippen LogP) is 2.44. The van der Waals surface area contributed by atoms with Gasteiger partial charge in [0.1, 0.15) is 27.1 Å². The number of hydrogen-bond donors (Lipinski definition) is 3. The van der Waals surface area contributed by atoms with E-state index in [0.717, 1.165) is 17.0 Å². The van der Waals surface area contributed by atoms with E-state index in [4.69, 9.17) is 11.5 Å². The summed E-state index contributed by atoms with van der Waals surface area (Å²) >= 11 is 1.24. The number of nitrogen functional groups attached to an aromatic ring is 1. The molecule has 33 heavy (non-hydrogen) atoms. The molecule has 0 aromatic carbocycles. The molecule has 3 aromatic heterocycles. The van der Waals surface area contributed by atoms with E-state index >= 15 is 0 Å². The molecule has 8 nitrogen and oxygen atoms in total. The van der Waals surface area contributed by atoms with Crippen LogP contribution in [-0.4, -0.2) is 52.0 Å². The highest BCUT2D eigenvalue weighted by atomic mass is 32.1. The van der Waals surface area contributed by atoms with Crippen LogP contribution in [0.3, 0.4) is 0 Å². The summed E-state index contributed by atoms with van der Waals surface area (Å²) in [6.45, 7) is 2.31. The van der Waals surface area contributed by atoms with Gasteiger partial charge < -0.3 is 21.7 Å². The summed E-state index contributed by atoms with van der Waals surface area (Å²) in [4.78, 5) is 29.0. The molecule has 1 fully saturated rings. The number of halogens is 2. The topological polar surface area (TPSA) is 123 Å². The number of nitrogens with two attached hydrogens (primary N) is 2. The second-order valence-corrected chi connectivity index (χ2v) is 9.67. The molecule has 1 aliphatic heterocycles. The van der Waals surface area contributed by atoms with Gasteiger partial charge in [-0.3, -0.25) is 4.79 Å². The van der Waals surface area contributed by atoms with Crippen molar-refractivity contribution >= 4 is 39.1 Å². The molecule has 0 bridgehead atoms. The van der Waals surface area contributed by atoms with Crippen LogP contribution in [0.15, 0.2) is 18.3 Å². The molecule has 11 heteroatoms. The van der Waals surface area contributed by atoms with Crippen molar-refractivity contribution in [3.05, 3.63) is 40.2 Å². The third kappa shape index (κ3) is 3.99. The summed E-state index contributed by atoms with van der Waals surface area (Å²) in [5.74, 6) is 0.307. The van der Waals surface area contributed by atoms with Crippen molar-refractivity contribution in [3.8, 4) is 0 Å². The van der Waals surface area contributed by atoms with Gasteiger partial charge in [-0.05, 0) is 44.2 Å². The van der Waals surface area contributed by atoms with Crippen LogP contribution in [0.1, 0.15) is 39.5 Å². The van der Waals surface area contributed by atoms with Gasteiger partial charge in [0.15, 0.2) is 0 Å². The molecule has 2 aliphatic rings. The van der Waals surface area contributed by atoms with Crippen molar-refractivity contribution in [1.29, 1.82) is 0 Å². The Hall–Kier alpha value is -2.92. The van der Waals surface area contributed by atoms with Crippen LogP contribution in [0.25, 0.3) is 10.3 Å². The first kappa shape index (κ1) is 21.9. The second kappa shape index (κ2) is 8.45. The average molecular weight is 474 g/mol. The second-order valence-electron chi connectivity index (χ2n) is 8.67. The third-order valence-corrected chi connectivity index (χ3v) is 7.49. The predicted molar refractivity (Wildman–Crippen MR) is 124 cm³/mol. The highest BCUT2D eigenvalue weighted by Gasteiger charge is 2.39. The lowest BCUT2D eigenvalue weighted by molar-refractivity contribution is 0.0938. The maximum absolute atomic E-state index is 13.5. The normalized spacial score (nSPS) is 22.7. The van der Waals surface area contributed by atoms with Gasteiger partial charge in [0.2, 0.25) is 0 Å². The summed E-state index contributed by atoms with van der Waals surface area (Å²) in [5.41, 5.74) is 15.6. The van der Waals surface area contributed by atoms with Gasteiger partial charge in [-0.1, -0.05) is 6.07 Å². The molecule has 0 spiro atoms. The molecule has 3 unspecified atom stereocenters. The number of amides is 1. The average Bonchev–Trinajstić information content (AvgIpc) is 3.33. The maximum atomic E-state index is 13.5. The van der Waals surface area contributed by atoms with E-state index in [9.17, 15) is 13.6 Å². The fourth-order valence-corrected chi connectivity index (χ4v) is 5.70. The monoisotopic (exact) mass is 473 g/mol. The summed E-state index contributed by atoms with van der Waals surface area (Å²) in [6, 6.07) is 2.06. The third-order valence-electron chi connectivity index (χ3n) is 6.40. The summed E-state index contributed by atoms with van der Waals surface area (Å²) < 4.78 is 27.0. The summed E-state index contributed by atoms with van der Waals surface area (Å²) in [7, 11) is 0. The molecule has 5 N–H and O–H groups in total. The first-order chi connectivity index (χ1) is 15.8. The van der Waals surface area contributed by atoms with Crippen LogP contribution < -0.4 is 21.7 Å². The number of hydrogen-bond acceptors (Lipinski definition) is 8. The Balaban J connectivity index is 1.30. The van der Waals surface area contributed by atoms with Crippen molar-refractivity contribution in [2.75, 3.05) is 17.2 Å². The summed E-state index contributed by atoms with van der Waals surface area (Å²) in [6.07, 6.45) is 1.60. The zero-order chi connectivity index (χ0) is 23.3. The standard InChI is InChI=1S/C22H25F2N7OS/c1-10-9-27-17-16(26)19(33-22(17)28-10)21(32)29-12-3-4-14-11(8-12)2-5-15(30-14)31-7-6-13(25)18(31)20(23)24/h2,5,9,12-13,18,20H,3-4,6-8,25-26H2,1H3,(H,29,32). The van der Waals surface area contributed by atoms with E-state index in [1.165, 1.54) is 11.3 Å². The van der Waals surface area contributed by atoms with Crippen LogP contribution in [0, 0.1) is 6.92 Å². The van der Waals surface area contributed by atoms with Crippen LogP contribution in [0.4, 0.5) is 20.3 Å². The number of carbonyl (C=O) groups excluding carboxylic acids is 1. The van der Waals surface area contributed by atoms with Gasteiger partial charge in [-0.2, -0.15) is 0 Å². The van der Waals surface area contributed by atoms with Gasteiger partial charge in [0, 0.05) is 30.5 Å². The Morgan fingerprint density at radius 3 is 2.91 bits per heavy atom. The van der Waals surface area contributed by atoms with Gasteiger partial charge in [-0.25, -0.2) is 23.7 Å². The summed E-state index contributed by atoms with van der Waals surface area (Å²) in [5, 5.41) is 3.07. The lowest BCUT2D eigenvalue weighted by atomic mass is 9.91. The van der Waals surface area contributed by atoms with Crippen molar-refractivity contribution < 1.29 is 13.6 Å². The molecule has 5 rings (SSSR count). The van der Waals surface area contributed by atoms with E-state index in [1.807, 2.05) is 13.0 Å². The van der Waals surface area contributed by atoms with Gasteiger partial charge >= 0.3 is 0 Å². The smallest absolute Gasteiger partial charge is 0.263 e. The molecule has 1 amide bonds. The van der Waals surface area contributed by atoms with Crippen LogP contribution in [-0.2, 0) is 12.8 Å². The molecular weight excluding hydrogens is 448 g/mol. The number of rotatable bonds is 4. The quantitative estimate of drug-likeness (QED) is 0.532. The molecule has 3 atom stereocenters. The zero-order valence-corrected chi connectivity index (χ0v) is 18.9. The van der Waals surface area contributed by atoms with Crippen LogP contribution in [0.2, 0.25) is 0 Å². The molecule has 174 valence electrons. The minimum atomic E-state index is -2.52. The SMILES string of the molecule is Cc1cnc2c(N)c(C(=O)NC3CCc4nc(N5CCC(N)C5C(F)F)ccc4C3)sc2n1. The van der Waals surface area contributed by atoms with Crippen molar-refractivity contribution in [3.63, 3.8) is 0 Å². The van der Waals surface area contributed by atoms with Crippen molar-refractivity contribution in [2.24, 2.45) is 5.73 Å². The molecule has 0 saturated carbocycles. The van der Waals surface area contributed by atoms with Gasteiger partial charge in [-0.15, -0.1) is 11.3 Å². The number of anilines is 2. The Bertz CT molecular complexity index is 1220. The number of nitrogens with zero attached hydrogens (tertiary/aromatic N) is 4. The Morgan fingerprint density at radius 2 is 2.12 bits per heavy atom. The molecular formula is C22H25F2N7OS. The van der Waals surface area contributed by atoms with Crippen LogP contribution in [0.5, 0.6) is 0 Å². The first-order valence-corrected chi connectivity index (χ1v) is 11.7. The van der Waals surface area contributed by atoms with Crippen LogP contribution >= 0.6 is 11.3 Å². The van der Waals surface area contributed by atoms with E-state index in [-0.39, 0.29) is 11.9 Å². The molecule has 1 aliphatic carbocycles. The number of alkyl halides is 2. The molecule has 4 heterocycles. The number of aryl methyl sites for hydroxylation is 2. The highest BCUT2D eigenvalue weighted by molar-refractivity contribution is 7.21. The highest BCUT2D eigenvalue weighted by Crippen LogP contribution is 2.32. The van der Waals surface area contributed by atoms with Gasteiger partial charge in [0.25, 0.3) is 12.3 Å². The number of carbonyl (C=O) groups is 1. The maximum Gasteiger partial charge on any atom is 0.263 e. The molecule has 3 aromatic rings. The van der Waals surface area contributed by atoms with Crippen molar-refractivity contribution in [2.45, 2.75) is 57.2 Å². The van der Waals surface area contributed by atoms with Crippen molar-refractivity contribution in [1.82, 2.24) is 20.3 Å². The fraction of sp³-hybridized carbons (Fsp3) is 0.455. The number of nitrogens with one attached hydrogen (secondary N) is 1.